The number of benzene rings is 2. The van der Waals surface area contributed by atoms with Crippen LogP contribution in [0.1, 0.15) is 0 Å². The molecule has 10 nitrogen and oxygen atoms in total. The van der Waals surface area contributed by atoms with Crippen LogP contribution in [0.25, 0.3) is 16.7 Å². The highest BCUT2D eigenvalue weighted by Gasteiger charge is 2.18. The largest absolute Gasteiger partial charge is 0.325 e. The van der Waals surface area contributed by atoms with E-state index in [2.05, 4.69) is 22.1 Å². The summed E-state index contributed by atoms with van der Waals surface area (Å²) in [7, 11) is -0.634. The van der Waals surface area contributed by atoms with Crippen LogP contribution in [0.2, 0.25) is 0 Å². The SMILES string of the molecule is C=CCn1c(=O)c2ccccc2n2c(SCC(=O)Nc3ccc(S(=O)(=O)N(C)C)cc3)nnc12. The molecule has 1 N–H and O–H groups in total. The maximum Gasteiger partial charge on any atom is 0.263 e. The lowest BCUT2D eigenvalue weighted by molar-refractivity contribution is -0.113. The minimum Gasteiger partial charge on any atom is -0.325 e. The Hall–Kier alpha value is -3.48. The van der Waals surface area contributed by atoms with Gasteiger partial charge in [0.15, 0.2) is 5.16 Å². The molecule has 2 heterocycles. The topological polar surface area (TPSA) is 119 Å². The zero-order valence-electron chi connectivity index (χ0n) is 18.5. The van der Waals surface area contributed by atoms with Crippen LogP contribution in [-0.2, 0) is 21.4 Å². The highest BCUT2D eigenvalue weighted by molar-refractivity contribution is 7.99. The van der Waals surface area contributed by atoms with Gasteiger partial charge in [-0.2, -0.15) is 0 Å². The Labute approximate surface area is 200 Å². The van der Waals surface area contributed by atoms with Crippen LogP contribution < -0.4 is 10.9 Å². The number of anilines is 1. The number of carbonyl (C=O) groups excluding carboxylic acids is 1. The van der Waals surface area contributed by atoms with Crippen molar-refractivity contribution in [3.05, 3.63) is 71.5 Å². The van der Waals surface area contributed by atoms with E-state index in [0.717, 1.165) is 4.31 Å². The van der Waals surface area contributed by atoms with Gasteiger partial charge >= 0.3 is 0 Å². The number of sulfonamides is 1. The number of hydrogen-bond donors (Lipinski definition) is 1. The van der Waals surface area contributed by atoms with Gasteiger partial charge in [0.1, 0.15) is 0 Å². The van der Waals surface area contributed by atoms with Crippen molar-refractivity contribution in [2.24, 2.45) is 0 Å². The molecule has 0 aliphatic rings. The molecule has 0 saturated carbocycles. The molecule has 0 spiro atoms. The Bertz CT molecular complexity index is 1560. The first-order valence-electron chi connectivity index (χ1n) is 10.2. The van der Waals surface area contributed by atoms with E-state index in [1.165, 1.54) is 54.7 Å². The van der Waals surface area contributed by atoms with Crippen molar-refractivity contribution in [2.75, 3.05) is 25.2 Å². The van der Waals surface area contributed by atoms with Crippen molar-refractivity contribution < 1.29 is 13.2 Å². The van der Waals surface area contributed by atoms with E-state index < -0.39 is 10.0 Å². The Kier molecular flexibility index (Phi) is 6.55. The summed E-state index contributed by atoms with van der Waals surface area (Å²) in [6.07, 6.45) is 1.61. The second-order valence-corrected chi connectivity index (χ2v) is 10.6. The fourth-order valence-corrected chi connectivity index (χ4v) is 5.01. The van der Waals surface area contributed by atoms with Crippen LogP contribution in [0.3, 0.4) is 0 Å². The summed E-state index contributed by atoms with van der Waals surface area (Å²) in [5.74, 6) is 0.103. The summed E-state index contributed by atoms with van der Waals surface area (Å²) in [5, 5.41) is 12.1. The molecule has 0 aliphatic carbocycles. The molecular formula is C22H22N6O4S2. The van der Waals surface area contributed by atoms with Crippen LogP contribution in [0.5, 0.6) is 0 Å². The van der Waals surface area contributed by atoms with Gasteiger partial charge in [0, 0.05) is 26.3 Å². The molecule has 176 valence electrons. The molecular weight excluding hydrogens is 476 g/mol. The summed E-state index contributed by atoms with van der Waals surface area (Å²) in [5.41, 5.74) is 0.928. The molecule has 0 radical (unpaired) electrons. The average molecular weight is 499 g/mol. The molecule has 0 saturated heterocycles. The third-order valence-electron chi connectivity index (χ3n) is 5.04. The Balaban J connectivity index is 1.56. The monoisotopic (exact) mass is 498 g/mol. The van der Waals surface area contributed by atoms with Crippen LogP contribution in [0.4, 0.5) is 5.69 Å². The third-order valence-corrected chi connectivity index (χ3v) is 7.80. The fraction of sp³-hybridized carbons (Fsp3) is 0.182. The van der Waals surface area contributed by atoms with E-state index >= 15 is 0 Å². The van der Waals surface area contributed by atoms with E-state index in [1.807, 2.05) is 6.07 Å². The van der Waals surface area contributed by atoms with Gasteiger partial charge in [0.05, 0.1) is 21.6 Å². The predicted octanol–water partition coefficient (Wildman–Crippen LogP) is 2.21. The molecule has 12 heteroatoms. The lowest BCUT2D eigenvalue weighted by Crippen LogP contribution is -2.23. The van der Waals surface area contributed by atoms with Gasteiger partial charge in [0.2, 0.25) is 21.7 Å². The van der Waals surface area contributed by atoms with E-state index in [0.29, 0.717) is 27.5 Å². The summed E-state index contributed by atoms with van der Waals surface area (Å²) >= 11 is 1.18. The second kappa shape index (κ2) is 9.41. The number of carbonyl (C=O) groups is 1. The summed E-state index contributed by atoms with van der Waals surface area (Å²) in [6.45, 7) is 3.98. The van der Waals surface area contributed by atoms with E-state index in [-0.39, 0.29) is 28.7 Å². The number of para-hydroxylation sites is 1. The van der Waals surface area contributed by atoms with Gasteiger partial charge in [-0.1, -0.05) is 30.0 Å². The summed E-state index contributed by atoms with van der Waals surface area (Å²) in [6, 6.07) is 13.1. The zero-order valence-corrected chi connectivity index (χ0v) is 20.1. The molecule has 34 heavy (non-hydrogen) atoms. The van der Waals surface area contributed by atoms with Gasteiger partial charge in [-0.05, 0) is 36.4 Å². The normalized spacial score (nSPS) is 11.9. The molecule has 2 aromatic heterocycles. The molecule has 0 bridgehead atoms. The zero-order chi connectivity index (χ0) is 24.5. The minimum atomic E-state index is -3.54. The minimum absolute atomic E-state index is 0.0352. The van der Waals surface area contributed by atoms with Gasteiger partial charge in [-0.15, -0.1) is 16.8 Å². The number of aromatic nitrogens is 4. The first-order chi connectivity index (χ1) is 16.2. The molecule has 0 atom stereocenters. The number of hydrogen-bond acceptors (Lipinski definition) is 7. The van der Waals surface area contributed by atoms with E-state index in [4.69, 9.17) is 0 Å². The molecule has 4 rings (SSSR count). The van der Waals surface area contributed by atoms with Crippen molar-refractivity contribution in [3.8, 4) is 0 Å². The number of rotatable bonds is 8. The number of thioether (sulfide) groups is 1. The van der Waals surface area contributed by atoms with Gasteiger partial charge in [-0.25, -0.2) is 12.7 Å². The number of nitrogens with one attached hydrogen (secondary N) is 1. The van der Waals surface area contributed by atoms with Crippen molar-refractivity contribution in [1.29, 1.82) is 0 Å². The summed E-state index contributed by atoms with van der Waals surface area (Å²) < 4.78 is 28.7. The van der Waals surface area contributed by atoms with Crippen molar-refractivity contribution in [1.82, 2.24) is 23.5 Å². The van der Waals surface area contributed by atoms with Gasteiger partial charge < -0.3 is 5.32 Å². The molecule has 4 aromatic rings. The Morgan fingerprint density at radius 1 is 1.15 bits per heavy atom. The predicted molar refractivity (Wildman–Crippen MR) is 132 cm³/mol. The van der Waals surface area contributed by atoms with Crippen LogP contribution in [0.15, 0.2) is 76.0 Å². The van der Waals surface area contributed by atoms with Crippen LogP contribution in [0, 0.1) is 0 Å². The van der Waals surface area contributed by atoms with Crippen molar-refractivity contribution in [3.63, 3.8) is 0 Å². The number of amides is 1. The van der Waals surface area contributed by atoms with Gasteiger partial charge in [0.25, 0.3) is 5.56 Å². The fourth-order valence-electron chi connectivity index (χ4n) is 3.37. The lowest BCUT2D eigenvalue weighted by Gasteiger charge is -2.12. The van der Waals surface area contributed by atoms with Crippen LogP contribution in [-0.4, -0.2) is 57.6 Å². The molecule has 0 fully saturated rings. The first-order valence-corrected chi connectivity index (χ1v) is 12.6. The molecule has 0 unspecified atom stereocenters. The Morgan fingerprint density at radius 3 is 2.53 bits per heavy atom. The van der Waals surface area contributed by atoms with Crippen molar-refractivity contribution in [2.45, 2.75) is 16.6 Å². The van der Waals surface area contributed by atoms with Crippen molar-refractivity contribution >= 4 is 50.1 Å². The number of allylic oxidation sites excluding steroid dienone is 1. The highest BCUT2D eigenvalue weighted by Crippen LogP contribution is 2.22. The Morgan fingerprint density at radius 2 is 1.85 bits per heavy atom. The maximum atomic E-state index is 12.9. The third kappa shape index (κ3) is 4.34. The standard InChI is InChI=1S/C22H22N6O4S2/c1-4-13-27-20(30)17-7-5-6-8-18(17)28-21(27)24-25-22(28)33-14-19(29)23-15-9-11-16(12-10-15)34(31,32)26(2)3/h4-12H,1,13-14H2,2-3H3,(H,23,29). The number of fused-ring (bicyclic) bond motifs is 3. The van der Waals surface area contributed by atoms with E-state index in [1.54, 1.807) is 28.7 Å². The molecule has 0 aliphatic heterocycles. The van der Waals surface area contributed by atoms with Gasteiger partial charge in [-0.3, -0.25) is 18.6 Å². The average Bonchev–Trinajstić information content (AvgIpc) is 3.24. The van der Waals surface area contributed by atoms with E-state index in [9.17, 15) is 18.0 Å². The molecule has 1 amide bonds. The van der Waals surface area contributed by atoms with Crippen LogP contribution >= 0.6 is 11.8 Å². The second-order valence-electron chi connectivity index (χ2n) is 7.49. The number of nitrogens with zero attached hydrogens (tertiary/aromatic N) is 5. The maximum absolute atomic E-state index is 12.9. The smallest absolute Gasteiger partial charge is 0.263 e. The molecule has 2 aromatic carbocycles. The summed E-state index contributed by atoms with van der Waals surface area (Å²) in [4.78, 5) is 25.5. The first kappa shape index (κ1) is 23.7. The quantitative estimate of drug-likeness (QED) is 0.292. The lowest BCUT2D eigenvalue weighted by atomic mass is 10.2. The highest BCUT2D eigenvalue weighted by atomic mass is 32.2.